The van der Waals surface area contributed by atoms with Gasteiger partial charge in [-0.2, -0.15) is 0 Å². The number of hydrogen-bond donors (Lipinski definition) is 0. The highest BCUT2D eigenvalue weighted by molar-refractivity contribution is 4.74. The van der Waals surface area contributed by atoms with E-state index in [9.17, 15) is 0 Å². The summed E-state index contributed by atoms with van der Waals surface area (Å²) in [5.74, 6) is 3.82. The maximum absolute atomic E-state index is 2.50. The highest BCUT2D eigenvalue weighted by Gasteiger charge is 2.22. The third kappa shape index (κ3) is 14.1. The van der Waals surface area contributed by atoms with Gasteiger partial charge < -0.3 is 0 Å². The van der Waals surface area contributed by atoms with Crippen molar-refractivity contribution in [2.24, 2.45) is 23.7 Å². The van der Waals surface area contributed by atoms with Crippen molar-refractivity contribution in [3.63, 3.8) is 0 Å². The molecule has 0 N–H and O–H groups in total. The first-order chi connectivity index (χ1) is 12.6. The van der Waals surface area contributed by atoms with Gasteiger partial charge in [-0.25, -0.2) is 0 Å². The molecule has 2 unspecified atom stereocenters. The largest absolute Gasteiger partial charge is 0.0654 e. The third-order valence-corrected chi connectivity index (χ3v) is 6.58. The Morgan fingerprint density at radius 2 is 0.808 bits per heavy atom. The molecule has 0 aliphatic rings. The van der Waals surface area contributed by atoms with Crippen LogP contribution in [0, 0.1) is 23.7 Å². The fourth-order valence-electron chi connectivity index (χ4n) is 4.61. The van der Waals surface area contributed by atoms with Crippen molar-refractivity contribution in [2.75, 3.05) is 0 Å². The Morgan fingerprint density at radius 3 is 1.12 bits per heavy atom. The Morgan fingerprint density at radius 1 is 0.462 bits per heavy atom. The van der Waals surface area contributed by atoms with E-state index in [0.29, 0.717) is 0 Å². The van der Waals surface area contributed by atoms with Crippen molar-refractivity contribution >= 4 is 0 Å². The molecule has 0 saturated carbocycles. The Labute approximate surface area is 168 Å². The average molecular weight is 367 g/mol. The van der Waals surface area contributed by atoms with Gasteiger partial charge in [0, 0.05) is 0 Å². The molecule has 0 fully saturated rings. The van der Waals surface area contributed by atoms with Gasteiger partial charge in [-0.3, -0.25) is 0 Å². The van der Waals surface area contributed by atoms with Crippen LogP contribution in [0.5, 0.6) is 0 Å². The molecule has 0 aromatic heterocycles. The molecule has 0 rings (SSSR count). The van der Waals surface area contributed by atoms with Crippen molar-refractivity contribution in [3.05, 3.63) is 0 Å². The van der Waals surface area contributed by atoms with E-state index in [-0.39, 0.29) is 0 Å². The lowest BCUT2D eigenvalue weighted by Crippen LogP contribution is -2.19. The molecular formula is C26H54. The molecule has 0 bridgehead atoms. The summed E-state index contributed by atoms with van der Waals surface area (Å²) in [5.41, 5.74) is 0. The molecule has 26 heavy (non-hydrogen) atoms. The van der Waals surface area contributed by atoms with Gasteiger partial charge in [-0.15, -0.1) is 0 Å². The quantitative estimate of drug-likeness (QED) is 0.199. The fraction of sp³-hybridized carbons (Fsp3) is 1.00. The van der Waals surface area contributed by atoms with Crippen molar-refractivity contribution in [2.45, 2.75) is 144 Å². The molecule has 0 saturated heterocycles. The highest BCUT2D eigenvalue weighted by atomic mass is 14.3. The maximum Gasteiger partial charge on any atom is -0.0386 e. The number of hydrogen-bond acceptors (Lipinski definition) is 0. The second kappa shape index (κ2) is 18.4. The summed E-state index contributed by atoms with van der Waals surface area (Å²) in [6, 6.07) is 0. The minimum absolute atomic E-state index is 0.862. The summed E-state index contributed by atoms with van der Waals surface area (Å²) < 4.78 is 0. The maximum atomic E-state index is 2.50. The van der Waals surface area contributed by atoms with Crippen LogP contribution in [0.2, 0.25) is 0 Å². The van der Waals surface area contributed by atoms with Crippen molar-refractivity contribution in [1.82, 2.24) is 0 Å². The predicted octanol–water partition coefficient (Wildman–Crippen LogP) is 9.81. The van der Waals surface area contributed by atoms with Crippen LogP contribution >= 0.6 is 0 Å². The third-order valence-electron chi connectivity index (χ3n) is 6.58. The molecule has 0 nitrogen and oxygen atoms in total. The van der Waals surface area contributed by atoms with Gasteiger partial charge in [0.2, 0.25) is 0 Å². The molecule has 0 aromatic rings. The van der Waals surface area contributed by atoms with Crippen LogP contribution in [0.15, 0.2) is 0 Å². The summed E-state index contributed by atoms with van der Waals surface area (Å²) >= 11 is 0. The van der Waals surface area contributed by atoms with Gasteiger partial charge >= 0.3 is 0 Å². The second-order valence-corrected chi connectivity index (χ2v) is 9.48. The summed E-state index contributed by atoms with van der Waals surface area (Å²) in [7, 11) is 0. The molecule has 0 heterocycles. The van der Waals surface area contributed by atoms with Gasteiger partial charge in [0.15, 0.2) is 0 Å². The van der Waals surface area contributed by atoms with Crippen LogP contribution in [0.3, 0.4) is 0 Å². The van der Waals surface area contributed by atoms with Crippen LogP contribution in [-0.4, -0.2) is 0 Å². The Balaban J connectivity index is 4.71. The van der Waals surface area contributed by atoms with Gasteiger partial charge in [-0.05, 0) is 36.5 Å². The molecule has 0 heteroatoms. The number of rotatable bonds is 19. The minimum atomic E-state index is 0.862. The molecule has 2 atom stereocenters. The molecule has 0 aliphatic heterocycles. The monoisotopic (exact) mass is 366 g/mol. The van der Waals surface area contributed by atoms with E-state index in [2.05, 4.69) is 41.5 Å². The topological polar surface area (TPSA) is 0 Å². The van der Waals surface area contributed by atoms with E-state index in [1.54, 1.807) is 0 Å². The molecule has 0 radical (unpaired) electrons. The Kier molecular flexibility index (Phi) is 18.4. The Bertz CT molecular complexity index is 243. The smallest absolute Gasteiger partial charge is 0.0386 e. The summed E-state index contributed by atoms with van der Waals surface area (Å²) in [4.78, 5) is 0. The van der Waals surface area contributed by atoms with Crippen molar-refractivity contribution in [1.29, 1.82) is 0 Å². The van der Waals surface area contributed by atoms with Crippen molar-refractivity contribution < 1.29 is 0 Å². The van der Waals surface area contributed by atoms with Gasteiger partial charge in [0.25, 0.3) is 0 Å². The first-order valence-corrected chi connectivity index (χ1v) is 12.6. The predicted molar refractivity (Wildman–Crippen MR) is 122 cm³/mol. The zero-order valence-electron chi connectivity index (χ0n) is 19.6. The fourth-order valence-corrected chi connectivity index (χ4v) is 4.61. The molecule has 0 amide bonds. The molecule has 0 spiro atoms. The second-order valence-electron chi connectivity index (χ2n) is 9.48. The van der Waals surface area contributed by atoms with E-state index < -0.39 is 0 Å². The highest BCUT2D eigenvalue weighted by Crippen LogP contribution is 2.35. The SMILES string of the molecule is CCCCCC(CCCC)CC(CC(CCCC)CCCCC)C(C)C. The Hall–Kier alpha value is 0. The zero-order valence-corrected chi connectivity index (χ0v) is 19.6. The van der Waals surface area contributed by atoms with Crippen LogP contribution in [0.4, 0.5) is 0 Å². The van der Waals surface area contributed by atoms with E-state index >= 15 is 0 Å². The van der Waals surface area contributed by atoms with E-state index in [4.69, 9.17) is 0 Å². The lowest BCUT2D eigenvalue weighted by Gasteiger charge is -2.30. The minimum Gasteiger partial charge on any atom is -0.0654 e. The molecule has 158 valence electrons. The molecule has 0 aromatic carbocycles. The molecule has 0 aliphatic carbocycles. The first kappa shape index (κ1) is 26.0. The van der Waals surface area contributed by atoms with E-state index in [1.165, 1.54) is 103 Å². The zero-order chi connectivity index (χ0) is 19.6. The van der Waals surface area contributed by atoms with Crippen LogP contribution < -0.4 is 0 Å². The van der Waals surface area contributed by atoms with Crippen LogP contribution in [0.25, 0.3) is 0 Å². The standard InChI is InChI=1S/C26H54/c1-7-11-15-19-24(17-13-9-3)21-26(23(5)6)22-25(18-14-10-4)20-16-12-8-2/h23-26H,7-22H2,1-6H3. The summed E-state index contributed by atoms with van der Waals surface area (Å²) in [6.07, 6.45) is 23.1. The van der Waals surface area contributed by atoms with E-state index in [0.717, 1.165) is 23.7 Å². The van der Waals surface area contributed by atoms with Gasteiger partial charge in [0.1, 0.15) is 0 Å². The van der Waals surface area contributed by atoms with Crippen LogP contribution in [0.1, 0.15) is 144 Å². The van der Waals surface area contributed by atoms with Gasteiger partial charge in [-0.1, -0.05) is 131 Å². The van der Waals surface area contributed by atoms with Gasteiger partial charge in [0.05, 0.1) is 0 Å². The van der Waals surface area contributed by atoms with Crippen LogP contribution in [-0.2, 0) is 0 Å². The van der Waals surface area contributed by atoms with Crippen molar-refractivity contribution in [3.8, 4) is 0 Å². The first-order valence-electron chi connectivity index (χ1n) is 12.6. The normalized spacial score (nSPS) is 15.3. The lowest BCUT2D eigenvalue weighted by atomic mass is 9.76. The summed E-state index contributed by atoms with van der Waals surface area (Å²) in [5, 5.41) is 0. The van der Waals surface area contributed by atoms with E-state index in [1.807, 2.05) is 0 Å². The average Bonchev–Trinajstić information content (AvgIpc) is 2.62. The lowest BCUT2D eigenvalue weighted by molar-refractivity contribution is 0.211. The molecular weight excluding hydrogens is 312 g/mol. The number of unbranched alkanes of at least 4 members (excludes halogenated alkanes) is 6. The summed E-state index contributed by atoms with van der Waals surface area (Å²) in [6.45, 7) is 14.4.